The van der Waals surface area contributed by atoms with Crippen molar-refractivity contribution in [3.05, 3.63) is 12.7 Å². The van der Waals surface area contributed by atoms with Gasteiger partial charge in [0.15, 0.2) is 0 Å². The molecule has 80 valence electrons. The molecule has 0 atom stereocenters. The minimum Gasteiger partial charge on any atom is -0.549 e. The fourth-order valence-electron chi connectivity index (χ4n) is 1.18. The summed E-state index contributed by atoms with van der Waals surface area (Å²) in [5, 5.41) is 10.9. The molecular formula is C10H15O4-. The van der Waals surface area contributed by atoms with E-state index in [9.17, 15) is 14.7 Å². The second-order valence-electron chi connectivity index (χ2n) is 2.96. The van der Waals surface area contributed by atoms with Crippen LogP contribution in [0.5, 0.6) is 0 Å². The van der Waals surface area contributed by atoms with E-state index < -0.39 is 17.4 Å². The zero-order chi connectivity index (χ0) is 11.2. The molecule has 0 radical (unpaired) electrons. The molecule has 0 fully saturated rings. The quantitative estimate of drug-likeness (QED) is 0.350. The number of aliphatic carboxylic acids is 1. The monoisotopic (exact) mass is 199 g/mol. The summed E-state index contributed by atoms with van der Waals surface area (Å²) in [6, 6.07) is 0. The normalized spacial score (nSPS) is 10.7. The first-order chi connectivity index (χ1) is 6.55. The summed E-state index contributed by atoms with van der Waals surface area (Å²) < 4.78 is 4.72. The highest BCUT2D eigenvalue weighted by atomic mass is 16.5. The molecule has 0 aromatic heterocycles. The van der Waals surface area contributed by atoms with Crippen molar-refractivity contribution in [2.45, 2.75) is 26.7 Å². The number of carboxylic acids is 1. The van der Waals surface area contributed by atoms with Crippen LogP contribution in [0.1, 0.15) is 26.7 Å². The molecule has 0 rings (SSSR count). The fraction of sp³-hybridized carbons (Fsp3) is 0.600. The molecule has 0 saturated carbocycles. The average molecular weight is 199 g/mol. The van der Waals surface area contributed by atoms with E-state index in [1.165, 1.54) is 6.08 Å². The van der Waals surface area contributed by atoms with Crippen LogP contribution in [0.25, 0.3) is 0 Å². The third-order valence-corrected chi connectivity index (χ3v) is 2.32. The van der Waals surface area contributed by atoms with Crippen LogP contribution in [0, 0.1) is 5.41 Å². The molecule has 0 spiro atoms. The zero-order valence-corrected chi connectivity index (χ0v) is 8.54. The molecular weight excluding hydrogens is 184 g/mol. The Bertz CT molecular complexity index is 228. The number of rotatable bonds is 6. The Hall–Kier alpha value is -1.32. The van der Waals surface area contributed by atoms with Crippen LogP contribution in [0.4, 0.5) is 0 Å². The predicted octanol–water partition coefficient (Wildman–Crippen LogP) is 0.272. The van der Waals surface area contributed by atoms with Gasteiger partial charge in [0, 0.05) is 0 Å². The van der Waals surface area contributed by atoms with Crippen molar-refractivity contribution < 1.29 is 19.4 Å². The fourth-order valence-corrected chi connectivity index (χ4v) is 1.18. The van der Waals surface area contributed by atoms with Gasteiger partial charge in [0.1, 0.15) is 12.0 Å². The smallest absolute Gasteiger partial charge is 0.318 e. The molecule has 0 N–H and O–H groups in total. The molecule has 0 aliphatic heterocycles. The van der Waals surface area contributed by atoms with Gasteiger partial charge in [-0.05, 0) is 12.8 Å². The van der Waals surface area contributed by atoms with E-state index in [0.717, 1.165) is 0 Å². The van der Waals surface area contributed by atoms with Gasteiger partial charge in [0.2, 0.25) is 0 Å². The molecule has 0 saturated heterocycles. The molecule has 0 heterocycles. The van der Waals surface area contributed by atoms with Gasteiger partial charge in [-0.25, -0.2) is 0 Å². The Labute approximate surface area is 83.6 Å². The van der Waals surface area contributed by atoms with Crippen molar-refractivity contribution >= 4 is 11.9 Å². The standard InChI is InChI=1S/C10H16O4/c1-4-7-14-9(13)10(5-2,6-3)8(11)12/h4H,1,5-7H2,2-3H3,(H,11,12)/p-1. The van der Waals surface area contributed by atoms with Gasteiger partial charge < -0.3 is 14.6 Å². The lowest BCUT2D eigenvalue weighted by molar-refractivity contribution is -0.318. The number of carboxylic acid groups (broad SMARTS) is 1. The lowest BCUT2D eigenvalue weighted by Crippen LogP contribution is -2.48. The summed E-state index contributed by atoms with van der Waals surface area (Å²) in [5.74, 6) is -2.13. The van der Waals surface area contributed by atoms with E-state index in [2.05, 4.69) is 6.58 Å². The van der Waals surface area contributed by atoms with Gasteiger partial charge in [-0.1, -0.05) is 26.5 Å². The molecule has 0 aliphatic carbocycles. The van der Waals surface area contributed by atoms with E-state index >= 15 is 0 Å². The molecule has 0 amide bonds. The maximum Gasteiger partial charge on any atom is 0.318 e. The van der Waals surface area contributed by atoms with Crippen LogP contribution in [0.2, 0.25) is 0 Å². The molecule has 0 aromatic rings. The predicted molar refractivity (Wildman–Crippen MR) is 49.2 cm³/mol. The SMILES string of the molecule is C=CCOC(=O)C(CC)(CC)C(=O)[O-]. The van der Waals surface area contributed by atoms with Gasteiger partial charge in [-0.15, -0.1) is 0 Å². The third-order valence-electron chi connectivity index (χ3n) is 2.32. The average Bonchev–Trinajstić information content (AvgIpc) is 2.17. The second-order valence-corrected chi connectivity index (χ2v) is 2.96. The van der Waals surface area contributed by atoms with Crippen molar-refractivity contribution in [3.8, 4) is 0 Å². The maximum absolute atomic E-state index is 11.4. The van der Waals surface area contributed by atoms with Crippen LogP contribution >= 0.6 is 0 Å². The third kappa shape index (κ3) is 2.34. The van der Waals surface area contributed by atoms with Crippen LogP contribution in [-0.2, 0) is 14.3 Å². The number of carbonyl (C=O) groups is 2. The largest absolute Gasteiger partial charge is 0.549 e. The number of esters is 1. The van der Waals surface area contributed by atoms with E-state index in [-0.39, 0.29) is 19.4 Å². The van der Waals surface area contributed by atoms with Crippen molar-refractivity contribution in [2.75, 3.05) is 6.61 Å². The van der Waals surface area contributed by atoms with E-state index in [1.807, 2.05) is 0 Å². The molecule has 4 heteroatoms. The second kappa shape index (κ2) is 5.42. The van der Waals surface area contributed by atoms with Crippen LogP contribution in [0.15, 0.2) is 12.7 Å². The highest BCUT2D eigenvalue weighted by molar-refractivity contribution is 5.98. The summed E-state index contributed by atoms with van der Waals surface area (Å²) >= 11 is 0. The van der Waals surface area contributed by atoms with Crippen molar-refractivity contribution in [3.63, 3.8) is 0 Å². The lowest BCUT2D eigenvalue weighted by atomic mass is 9.82. The highest BCUT2D eigenvalue weighted by Gasteiger charge is 2.38. The Balaban J connectivity index is 4.71. The van der Waals surface area contributed by atoms with E-state index in [0.29, 0.717) is 0 Å². The molecule has 0 unspecified atom stereocenters. The lowest BCUT2D eigenvalue weighted by Gasteiger charge is -2.29. The van der Waals surface area contributed by atoms with Gasteiger partial charge in [0.25, 0.3) is 0 Å². The van der Waals surface area contributed by atoms with Crippen molar-refractivity contribution in [1.82, 2.24) is 0 Å². The van der Waals surface area contributed by atoms with Gasteiger partial charge in [-0.3, -0.25) is 4.79 Å². The van der Waals surface area contributed by atoms with Gasteiger partial charge >= 0.3 is 5.97 Å². The molecule has 0 bridgehead atoms. The molecule has 4 nitrogen and oxygen atoms in total. The topological polar surface area (TPSA) is 66.4 Å². The Kier molecular flexibility index (Phi) is 4.91. The van der Waals surface area contributed by atoms with Crippen LogP contribution < -0.4 is 5.11 Å². The van der Waals surface area contributed by atoms with Crippen LogP contribution in [0.3, 0.4) is 0 Å². The zero-order valence-electron chi connectivity index (χ0n) is 8.54. The summed E-state index contributed by atoms with van der Waals surface area (Å²) in [5.41, 5.74) is -1.51. The minimum atomic E-state index is -1.51. The number of hydrogen-bond acceptors (Lipinski definition) is 4. The first-order valence-electron chi connectivity index (χ1n) is 4.54. The van der Waals surface area contributed by atoms with E-state index in [1.54, 1.807) is 13.8 Å². The first kappa shape index (κ1) is 12.7. The summed E-state index contributed by atoms with van der Waals surface area (Å²) in [6.07, 6.45) is 1.73. The molecule has 0 aliphatic rings. The first-order valence-corrected chi connectivity index (χ1v) is 4.54. The number of ether oxygens (including phenoxy) is 1. The van der Waals surface area contributed by atoms with Crippen LogP contribution in [-0.4, -0.2) is 18.5 Å². The van der Waals surface area contributed by atoms with E-state index in [4.69, 9.17) is 4.74 Å². The summed E-state index contributed by atoms with van der Waals surface area (Å²) in [7, 11) is 0. The minimum absolute atomic E-state index is 0.0217. The van der Waals surface area contributed by atoms with Gasteiger partial charge in [-0.2, -0.15) is 0 Å². The highest BCUT2D eigenvalue weighted by Crippen LogP contribution is 2.27. The number of hydrogen-bond donors (Lipinski definition) is 0. The van der Waals surface area contributed by atoms with Crippen molar-refractivity contribution in [1.29, 1.82) is 0 Å². The Morgan fingerprint density at radius 2 is 1.93 bits per heavy atom. The molecule has 14 heavy (non-hydrogen) atoms. The summed E-state index contributed by atoms with van der Waals surface area (Å²) in [6.45, 7) is 6.63. The van der Waals surface area contributed by atoms with Crippen molar-refractivity contribution in [2.24, 2.45) is 5.41 Å². The maximum atomic E-state index is 11.4. The molecule has 0 aromatic carbocycles. The number of carbonyl (C=O) groups excluding carboxylic acids is 2. The summed E-state index contributed by atoms with van der Waals surface area (Å²) in [4.78, 5) is 22.3. The van der Waals surface area contributed by atoms with Gasteiger partial charge in [0.05, 0.1) is 5.97 Å². The Morgan fingerprint density at radius 1 is 1.43 bits per heavy atom. The Morgan fingerprint density at radius 3 is 2.21 bits per heavy atom.